The van der Waals surface area contributed by atoms with Gasteiger partial charge in [-0.05, 0) is 36.5 Å². The summed E-state index contributed by atoms with van der Waals surface area (Å²) in [6.45, 7) is 0.616. The highest BCUT2D eigenvalue weighted by molar-refractivity contribution is 5.84. The summed E-state index contributed by atoms with van der Waals surface area (Å²) < 4.78 is 0. The first kappa shape index (κ1) is 16.6. The number of H-pyrrole nitrogens is 1. The zero-order valence-electron chi connectivity index (χ0n) is 14.8. The first-order valence-electron chi connectivity index (χ1n) is 9.36. The number of allylic oxidation sites excluding steroid dienone is 2. The van der Waals surface area contributed by atoms with E-state index in [4.69, 9.17) is 0 Å². The van der Waals surface area contributed by atoms with Crippen LogP contribution in [0.15, 0.2) is 72.9 Å². The predicted molar refractivity (Wildman–Crippen MR) is 106 cm³/mol. The van der Waals surface area contributed by atoms with Crippen molar-refractivity contribution in [3.8, 4) is 0 Å². The standard InChI is InChI=1S/C23H24N2O/c26-23(18-11-5-2-6-12-18)25-15-20(17-9-3-1-4-10-17)21-16-24-22-14-8-7-13-19(21)22/h1-5,7-10,13-14,16,18,20,24H,6,11-12,15H2,(H,25,26)/t18-,20-/m0/s1. The molecule has 0 bridgehead atoms. The molecule has 1 heterocycles. The quantitative estimate of drug-likeness (QED) is 0.643. The number of rotatable bonds is 5. The van der Waals surface area contributed by atoms with Crippen molar-refractivity contribution in [1.82, 2.24) is 10.3 Å². The van der Waals surface area contributed by atoms with Crippen LogP contribution >= 0.6 is 0 Å². The molecule has 3 nitrogen and oxygen atoms in total. The number of benzene rings is 2. The fourth-order valence-electron chi connectivity index (χ4n) is 3.85. The minimum Gasteiger partial charge on any atom is -0.361 e. The van der Waals surface area contributed by atoms with Gasteiger partial charge in [0, 0.05) is 35.5 Å². The lowest BCUT2D eigenvalue weighted by molar-refractivity contribution is -0.125. The molecule has 0 fully saturated rings. The van der Waals surface area contributed by atoms with Crippen molar-refractivity contribution in [1.29, 1.82) is 0 Å². The van der Waals surface area contributed by atoms with Crippen molar-refractivity contribution < 1.29 is 4.79 Å². The van der Waals surface area contributed by atoms with E-state index in [-0.39, 0.29) is 17.7 Å². The van der Waals surface area contributed by atoms with Crippen molar-refractivity contribution in [2.24, 2.45) is 5.92 Å². The summed E-state index contributed by atoms with van der Waals surface area (Å²) in [6, 6.07) is 18.8. The molecule has 132 valence electrons. The summed E-state index contributed by atoms with van der Waals surface area (Å²) in [7, 11) is 0. The Labute approximate surface area is 154 Å². The van der Waals surface area contributed by atoms with E-state index >= 15 is 0 Å². The highest BCUT2D eigenvalue weighted by Crippen LogP contribution is 2.30. The van der Waals surface area contributed by atoms with Crippen LogP contribution in [0, 0.1) is 5.92 Å². The molecule has 2 N–H and O–H groups in total. The summed E-state index contributed by atoms with van der Waals surface area (Å²) in [5, 5.41) is 4.44. The number of fused-ring (bicyclic) bond motifs is 1. The summed E-state index contributed by atoms with van der Waals surface area (Å²) >= 11 is 0. The smallest absolute Gasteiger partial charge is 0.223 e. The van der Waals surface area contributed by atoms with Gasteiger partial charge in [0.05, 0.1) is 0 Å². The molecule has 3 aromatic rings. The second-order valence-corrected chi connectivity index (χ2v) is 6.98. The monoisotopic (exact) mass is 344 g/mol. The van der Waals surface area contributed by atoms with E-state index in [1.807, 2.05) is 12.1 Å². The third-order valence-corrected chi connectivity index (χ3v) is 5.32. The van der Waals surface area contributed by atoms with Gasteiger partial charge >= 0.3 is 0 Å². The summed E-state index contributed by atoms with van der Waals surface area (Å²) in [4.78, 5) is 16.0. The molecule has 4 rings (SSSR count). The molecule has 0 unspecified atom stereocenters. The van der Waals surface area contributed by atoms with Crippen molar-refractivity contribution in [3.63, 3.8) is 0 Å². The van der Waals surface area contributed by atoms with Crippen molar-refractivity contribution in [3.05, 3.63) is 84.1 Å². The molecule has 3 heteroatoms. The molecule has 0 saturated heterocycles. The molecule has 0 spiro atoms. The molecule has 1 amide bonds. The van der Waals surface area contributed by atoms with Crippen LogP contribution in [0.3, 0.4) is 0 Å². The number of para-hydroxylation sites is 1. The zero-order valence-corrected chi connectivity index (χ0v) is 14.8. The molecule has 0 saturated carbocycles. The highest BCUT2D eigenvalue weighted by atomic mass is 16.1. The molecule has 1 aliphatic carbocycles. The van der Waals surface area contributed by atoms with E-state index < -0.39 is 0 Å². The average Bonchev–Trinajstić information content (AvgIpc) is 3.14. The maximum Gasteiger partial charge on any atom is 0.223 e. The van der Waals surface area contributed by atoms with E-state index in [0.29, 0.717) is 6.54 Å². The summed E-state index contributed by atoms with van der Waals surface area (Å²) in [6.07, 6.45) is 9.19. The zero-order chi connectivity index (χ0) is 17.8. The minimum atomic E-state index is 0.111. The third-order valence-electron chi connectivity index (χ3n) is 5.32. The predicted octanol–water partition coefficient (Wildman–Crippen LogP) is 4.77. The van der Waals surface area contributed by atoms with Crippen LogP contribution in [0.2, 0.25) is 0 Å². The first-order valence-corrected chi connectivity index (χ1v) is 9.36. The summed E-state index contributed by atoms with van der Waals surface area (Å²) in [5.41, 5.74) is 3.59. The Morgan fingerprint density at radius 3 is 2.69 bits per heavy atom. The van der Waals surface area contributed by atoms with Gasteiger partial charge in [0.25, 0.3) is 0 Å². The maximum atomic E-state index is 12.6. The topological polar surface area (TPSA) is 44.9 Å². The van der Waals surface area contributed by atoms with Gasteiger partial charge < -0.3 is 10.3 Å². The van der Waals surface area contributed by atoms with Crippen molar-refractivity contribution in [2.45, 2.75) is 25.2 Å². The normalized spacial score (nSPS) is 17.9. The molecule has 1 aliphatic rings. The van der Waals surface area contributed by atoms with Gasteiger partial charge in [-0.2, -0.15) is 0 Å². The molecule has 1 aromatic heterocycles. The van der Waals surface area contributed by atoms with Gasteiger partial charge in [-0.15, -0.1) is 0 Å². The molecular weight excluding hydrogens is 320 g/mol. The number of hydrogen-bond donors (Lipinski definition) is 2. The Morgan fingerprint density at radius 2 is 1.88 bits per heavy atom. The molecular formula is C23H24N2O. The van der Waals surface area contributed by atoms with E-state index in [1.165, 1.54) is 16.5 Å². The Bertz CT molecular complexity index is 910. The van der Waals surface area contributed by atoms with Gasteiger partial charge in [-0.1, -0.05) is 60.7 Å². The Hall–Kier alpha value is -2.81. The van der Waals surface area contributed by atoms with Crippen LogP contribution in [-0.4, -0.2) is 17.4 Å². The number of amides is 1. The lowest BCUT2D eigenvalue weighted by Gasteiger charge is -2.21. The van der Waals surface area contributed by atoms with Crippen molar-refractivity contribution >= 4 is 16.8 Å². The van der Waals surface area contributed by atoms with Gasteiger partial charge in [0.15, 0.2) is 0 Å². The molecule has 2 atom stereocenters. The minimum absolute atomic E-state index is 0.111. The average molecular weight is 344 g/mol. The number of carbonyl (C=O) groups excluding carboxylic acids is 1. The van der Waals surface area contributed by atoms with E-state index in [1.54, 1.807) is 0 Å². The van der Waals surface area contributed by atoms with Crippen LogP contribution < -0.4 is 5.32 Å². The third kappa shape index (κ3) is 3.43. The first-order chi connectivity index (χ1) is 12.8. The maximum absolute atomic E-state index is 12.6. The van der Waals surface area contributed by atoms with Gasteiger partial charge in [0.1, 0.15) is 0 Å². The Kier molecular flexibility index (Phi) is 4.87. The largest absolute Gasteiger partial charge is 0.361 e. The number of nitrogens with one attached hydrogen (secondary N) is 2. The van der Waals surface area contributed by atoms with Gasteiger partial charge in [-0.25, -0.2) is 0 Å². The highest BCUT2D eigenvalue weighted by Gasteiger charge is 2.22. The molecule has 2 aromatic carbocycles. The number of hydrogen-bond acceptors (Lipinski definition) is 1. The Balaban J connectivity index is 1.60. The van der Waals surface area contributed by atoms with Crippen molar-refractivity contribution in [2.75, 3.05) is 6.54 Å². The molecule has 0 aliphatic heterocycles. The van der Waals surface area contributed by atoms with E-state index in [9.17, 15) is 4.79 Å². The van der Waals surface area contributed by atoms with E-state index in [2.05, 4.69) is 71.1 Å². The van der Waals surface area contributed by atoms with E-state index in [0.717, 1.165) is 24.8 Å². The van der Waals surface area contributed by atoms with Gasteiger partial charge in [0.2, 0.25) is 5.91 Å². The van der Waals surface area contributed by atoms with Gasteiger partial charge in [-0.3, -0.25) is 4.79 Å². The van der Waals surface area contributed by atoms with Crippen LogP contribution in [0.4, 0.5) is 0 Å². The van der Waals surface area contributed by atoms with Crippen LogP contribution in [0.1, 0.15) is 36.3 Å². The lowest BCUT2D eigenvalue weighted by Crippen LogP contribution is -2.34. The fourth-order valence-corrected chi connectivity index (χ4v) is 3.85. The van der Waals surface area contributed by atoms with Crippen LogP contribution in [0.5, 0.6) is 0 Å². The second kappa shape index (κ2) is 7.61. The SMILES string of the molecule is O=C(NC[C@@H](c1ccccc1)c1c[nH]c2ccccc12)[C@H]1CC=CCC1. The molecule has 0 radical (unpaired) electrons. The number of carbonyl (C=O) groups is 1. The van der Waals surface area contributed by atoms with Crippen LogP contribution in [-0.2, 0) is 4.79 Å². The fraction of sp³-hybridized carbons (Fsp3) is 0.261. The lowest BCUT2D eigenvalue weighted by atomic mass is 9.90. The number of aromatic amines is 1. The second-order valence-electron chi connectivity index (χ2n) is 6.98. The molecule has 26 heavy (non-hydrogen) atoms. The van der Waals surface area contributed by atoms with Crippen LogP contribution in [0.25, 0.3) is 10.9 Å². The Morgan fingerprint density at radius 1 is 1.08 bits per heavy atom. The summed E-state index contributed by atoms with van der Waals surface area (Å²) in [5.74, 6) is 0.421. The number of aromatic nitrogens is 1.